The molecule has 2 aliphatic rings. The molecule has 0 bridgehead atoms. The number of alkyl halides is 3. The summed E-state index contributed by atoms with van der Waals surface area (Å²) in [5.41, 5.74) is 5.01. The molecular weight excluding hydrogens is 439 g/mol. The third-order valence-electron chi connectivity index (χ3n) is 5.88. The quantitative estimate of drug-likeness (QED) is 0.488. The molecule has 180 valence electrons. The molecule has 0 spiro atoms. The van der Waals surface area contributed by atoms with Gasteiger partial charge in [0.2, 0.25) is 11.8 Å². The highest BCUT2D eigenvalue weighted by molar-refractivity contribution is 5.80. The van der Waals surface area contributed by atoms with E-state index in [2.05, 4.69) is 20.6 Å². The van der Waals surface area contributed by atoms with Gasteiger partial charge in [-0.3, -0.25) is 15.0 Å². The van der Waals surface area contributed by atoms with Crippen LogP contribution in [0.25, 0.3) is 0 Å². The molecule has 1 aromatic rings. The van der Waals surface area contributed by atoms with Gasteiger partial charge in [-0.2, -0.15) is 18.4 Å². The third kappa shape index (κ3) is 6.79. The first-order valence-electron chi connectivity index (χ1n) is 11.0. The number of hydrazine groups is 1. The number of piperazine rings is 1. The van der Waals surface area contributed by atoms with Crippen LogP contribution in [0.1, 0.15) is 31.2 Å². The molecule has 2 fully saturated rings. The van der Waals surface area contributed by atoms with Gasteiger partial charge in [0.25, 0.3) is 0 Å². The summed E-state index contributed by atoms with van der Waals surface area (Å²) in [6.07, 6.45) is -0.691. The Morgan fingerprint density at radius 3 is 2.61 bits per heavy atom. The van der Waals surface area contributed by atoms with E-state index in [4.69, 9.17) is 5.26 Å². The molecule has 3 heterocycles. The molecule has 2 aliphatic heterocycles. The summed E-state index contributed by atoms with van der Waals surface area (Å²) in [4.78, 5) is 32.2. The van der Waals surface area contributed by atoms with Crippen LogP contribution in [-0.2, 0) is 9.59 Å². The fourth-order valence-corrected chi connectivity index (χ4v) is 4.04. The van der Waals surface area contributed by atoms with Crippen LogP contribution in [0.4, 0.5) is 19.0 Å². The molecule has 9 nitrogen and oxygen atoms in total. The summed E-state index contributed by atoms with van der Waals surface area (Å²) in [5, 5.41) is 11.7. The first-order chi connectivity index (χ1) is 15.8. The number of rotatable bonds is 8. The normalized spacial score (nSPS) is 21.5. The highest BCUT2D eigenvalue weighted by atomic mass is 19.4. The highest BCUT2D eigenvalue weighted by Gasteiger charge is 2.51. The van der Waals surface area contributed by atoms with Gasteiger partial charge in [0, 0.05) is 51.4 Å². The molecule has 1 aromatic heterocycles. The standard InChI is InChI=1S/C21H28F3N7O2/c22-21(23,24)19-16(14-28-29-20(19)33)26-7-3-1-2-4-18(32)31-10-8-30(9-11-31)17-6-5-15(12-25)13-27-17/h5-6,13,16,19,26,28H,1-4,7-11,14H2,(H,29,33). The number of hydrogen-bond acceptors (Lipinski definition) is 7. The van der Waals surface area contributed by atoms with Gasteiger partial charge in [0.1, 0.15) is 11.9 Å². The van der Waals surface area contributed by atoms with E-state index in [1.165, 1.54) is 6.20 Å². The van der Waals surface area contributed by atoms with Crippen molar-refractivity contribution in [1.82, 2.24) is 26.1 Å². The zero-order chi connectivity index (χ0) is 23.8. The van der Waals surface area contributed by atoms with Crippen molar-refractivity contribution in [1.29, 1.82) is 5.26 Å². The van der Waals surface area contributed by atoms with Gasteiger partial charge in [-0.05, 0) is 31.5 Å². The SMILES string of the molecule is N#Cc1ccc(N2CCN(C(=O)CCCCCNC3CNNC(=O)C3C(F)(F)F)CC2)nc1. The molecular formula is C21H28F3N7O2. The lowest BCUT2D eigenvalue weighted by atomic mass is 9.96. The van der Waals surface area contributed by atoms with Crippen LogP contribution in [0, 0.1) is 17.2 Å². The second-order valence-electron chi connectivity index (χ2n) is 8.15. The largest absolute Gasteiger partial charge is 0.402 e. The van der Waals surface area contributed by atoms with Gasteiger partial charge in [0.15, 0.2) is 5.92 Å². The molecule has 0 aliphatic carbocycles. The molecule has 12 heteroatoms. The minimum Gasteiger partial charge on any atom is -0.353 e. The molecule has 2 amide bonds. The van der Waals surface area contributed by atoms with Crippen molar-refractivity contribution in [3.05, 3.63) is 23.9 Å². The molecule has 3 rings (SSSR count). The molecule has 0 saturated carbocycles. The number of unbranched alkanes of at least 4 members (excludes halogenated alkanes) is 2. The van der Waals surface area contributed by atoms with Crippen LogP contribution in [0.3, 0.4) is 0 Å². The number of nitrogens with zero attached hydrogens (tertiary/aromatic N) is 4. The van der Waals surface area contributed by atoms with Crippen molar-refractivity contribution in [2.24, 2.45) is 5.92 Å². The van der Waals surface area contributed by atoms with Gasteiger partial charge in [-0.25, -0.2) is 10.4 Å². The fourth-order valence-electron chi connectivity index (χ4n) is 4.04. The predicted molar refractivity (Wildman–Crippen MR) is 114 cm³/mol. The number of carbonyl (C=O) groups excluding carboxylic acids is 2. The monoisotopic (exact) mass is 467 g/mol. The summed E-state index contributed by atoms with van der Waals surface area (Å²) in [7, 11) is 0. The minimum atomic E-state index is -4.60. The average Bonchev–Trinajstić information content (AvgIpc) is 2.80. The second kappa shape index (κ2) is 11.3. The van der Waals surface area contributed by atoms with Crippen LogP contribution in [-0.4, -0.2) is 73.2 Å². The number of anilines is 1. The average molecular weight is 467 g/mol. The summed E-state index contributed by atoms with van der Waals surface area (Å²) in [6.45, 7) is 2.86. The van der Waals surface area contributed by atoms with Gasteiger partial charge in [-0.1, -0.05) is 6.42 Å². The van der Waals surface area contributed by atoms with Crippen LogP contribution in [0.5, 0.6) is 0 Å². The maximum Gasteiger partial charge on any atom is 0.402 e. The van der Waals surface area contributed by atoms with E-state index in [1.54, 1.807) is 12.1 Å². The number of pyridine rings is 1. The van der Waals surface area contributed by atoms with E-state index >= 15 is 0 Å². The minimum absolute atomic E-state index is 0.00162. The Bertz CT molecular complexity index is 849. The van der Waals surface area contributed by atoms with Crippen LogP contribution in [0.15, 0.2) is 18.3 Å². The zero-order valence-corrected chi connectivity index (χ0v) is 18.2. The highest BCUT2D eigenvalue weighted by Crippen LogP contribution is 2.30. The molecule has 2 atom stereocenters. The number of nitriles is 1. The van der Waals surface area contributed by atoms with E-state index in [1.807, 2.05) is 16.4 Å². The Balaban J connectivity index is 1.31. The first kappa shape index (κ1) is 24.7. The molecule has 33 heavy (non-hydrogen) atoms. The van der Waals surface area contributed by atoms with E-state index in [0.29, 0.717) is 64.0 Å². The smallest absolute Gasteiger partial charge is 0.353 e. The number of carbonyl (C=O) groups is 2. The third-order valence-corrected chi connectivity index (χ3v) is 5.88. The Labute approximate surface area is 190 Å². The Hall–Kier alpha value is -2.91. The van der Waals surface area contributed by atoms with Crippen molar-refractivity contribution < 1.29 is 22.8 Å². The molecule has 3 N–H and O–H groups in total. The Morgan fingerprint density at radius 2 is 1.97 bits per heavy atom. The maximum atomic E-state index is 13.1. The van der Waals surface area contributed by atoms with Crippen molar-refractivity contribution in [3.8, 4) is 6.07 Å². The van der Waals surface area contributed by atoms with Gasteiger partial charge >= 0.3 is 6.18 Å². The predicted octanol–water partition coefficient (Wildman–Crippen LogP) is 0.933. The summed E-state index contributed by atoms with van der Waals surface area (Å²) in [6, 6.07) is 4.55. The zero-order valence-electron chi connectivity index (χ0n) is 18.2. The summed E-state index contributed by atoms with van der Waals surface area (Å²) < 4.78 is 39.3. The number of amides is 2. The second-order valence-corrected chi connectivity index (χ2v) is 8.15. The van der Waals surface area contributed by atoms with Crippen molar-refractivity contribution in [3.63, 3.8) is 0 Å². The van der Waals surface area contributed by atoms with E-state index in [-0.39, 0.29) is 12.5 Å². The Kier molecular flexibility index (Phi) is 8.46. The lowest BCUT2D eigenvalue weighted by Gasteiger charge is -2.35. The fraction of sp³-hybridized carbons (Fsp3) is 0.619. The lowest BCUT2D eigenvalue weighted by Crippen LogP contribution is -2.63. The van der Waals surface area contributed by atoms with E-state index < -0.39 is 24.0 Å². The van der Waals surface area contributed by atoms with E-state index in [9.17, 15) is 22.8 Å². The topological polar surface area (TPSA) is 113 Å². The van der Waals surface area contributed by atoms with Crippen LogP contribution >= 0.6 is 0 Å². The maximum absolute atomic E-state index is 13.1. The lowest BCUT2D eigenvalue weighted by molar-refractivity contribution is -0.192. The molecule has 0 radical (unpaired) electrons. The van der Waals surface area contributed by atoms with Gasteiger partial charge < -0.3 is 15.1 Å². The molecule has 0 aromatic carbocycles. The Morgan fingerprint density at radius 1 is 1.21 bits per heavy atom. The summed E-state index contributed by atoms with van der Waals surface area (Å²) in [5.74, 6) is -2.29. The van der Waals surface area contributed by atoms with Crippen molar-refractivity contribution in [2.75, 3.05) is 44.2 Å². The van der Waals surface area contributed by atoms with Crippen molar-refractivity contribution in [2.45, 2.75) is 37.9 Å². The number of hydrogen-bond donors (Lipinski definition) is 3. The summed E-state index contributed by atoms with van der Waals surface area (Å²) >= 11 is 0. The van der Waals surface area contributed by atoms with Crippen molar-refractivity contribution >= 4 is 17.6 Å². The number of aromatic nitrogens is 1. The number of nitrogens with one attached hydrogen (secondary N) is 3. The first-order valence-corrected chi connectivity index (χ1v) is 11.0. The van der Waals surface area contributed by atoms with Crippen LogP contribution in [0.2, 0.25) is 0 Å². The van der Waals surface area contributed by atoms with Gasteiger partial charge in [0.05, 0.1) is 5.56 Å². The van der Waals surface area contributed by atoms with E-state index in [0.717, 1.165) is 5.82 Å². The molecule has 2 saturated heterocycles. The van der Waals surface area contributed by atoms with Gasteiger partial charge in [-0.15, -0.1) is 0 Å². The van der Waals surface area contributed by atoms with Crippen LogP contribution < -0.4 is 21.1 Å². The molecule has 2 unspecified atom stereocenters. The number of halogens is 3.